The lowest BCUT2D eigenvalue weighted by atomic mass is 10.0. The zero-order chi connectivity index (χ0) is 13.0. The maximum absolute atomic E-state index is 11.6. The number of halogens is 1. The van der Waals surface area contributed by atoms with E-state index in [1.165, 1.54) is 0 Å². The molecule has 1 saturated heterocycles. The van der Waals surface area contributed by atoms with Crippen molar-refractivity contribution in [2.75, 3.05) is 20.1 Å². The molecule has 0 unspecified atom stereocenters. The zero-order valence-corrected chi connectivity index (χ0v) is 11.5. The van der Waals surface area contributed by atoms with E-state index in [2.05, 4.69) is 16.0 Å². The molecular weight excluding hydrogens is 266 g/mol. The molecule has 1 aromatic rings. The fraction of sp³-hybridized carbons (Fsp3) is 0.385. The molecule has 2 rings (SSSR count). The van der Waals surface area contributed by atoms with E-state index in [0.29, 0.717) is 12.1 Å². The largest absolute Gasteiger partial charge is 0.355 e. The predicted molar refractivity (Wildman–Crippen MR) is 75.3 cm³/mol. The average Bonchev–Trinajstić information content (AvgIpc) is 2.34. The fourth-order valence-electron chi connectivity index (χ4n) is 1.73. The Kier molecular flexibility index (Phi) is 5.79. The van der Waals surface area contributed by atoms with E-state index in [4.69, 9.17) is 0 Å². The third-order valence-corrected chi connectivity index (χ3v) is 3.06. The monoisotopic (exact) mass is 283 g/mol. The minimum atomic E-state index is -0.105. The van der Waals surface area contributed by atoms with Gasteiger partial charge in [0.2, 0.25) is 5.91 Å². The standard InChI is InChI=1S/C13H17N3O2.ClH/c1-14-12(17)10-4-2-9(3-5-10)6-16-13(18)11-7-15-8-11;/h2-5,11,15H,6-8H2,1H3,(H,14,17)(H,16,18);1H. The summed E-state index contributed by atoms with van der Waals surface area (Å²) in [5, 5.41) is 8.51. The summed E-state index contributed by atoms with van der Waals surface area (Å²) in [6.45, 7) is 2.03. The summed E-state index contributed by atoms with van der Waals surface area (Å²) < 4.78 is 0. The van der Waals surface area contributed by atoms with Crippen LogP contribution in [-0.2, 0) is 11.3 Å². The van der Waals surface area contributed by atoms with Crippen LogP contribution >= 0.6 is 12.4 Å². The number of nitrogens with one attached hydrogen (secondary N) is 3. The first-order chi connectivity index (χ1) is 8.70. The normalized spacial score (nSPS) is 13.9. The predicted octanol–water partition coefficient (Wildman–Crippen LogP) is 0.304. The van der Waals surface area contributed by atoms with Crippen LogP contribution in [-0.4, -0.2) is 32.0 Å². The number of hydrogen-bond acceptors (Lipinski definition) is 3. The molecule has 1 heterocycles. The lowest BCUT2D eigenvalue weighted by Crippen LogP contribution is -2.50. The number of amides is 2. The molecular formula is C13H18ClN3O2. The Morgan fingerprint density at radius 3 is 2.37 bits per heavy atom. The van der Waals surface area contributed by atoms with Gasteiger partial charge in [-0.3, -0.25) is 9.59 Å². The first-order valence-electron chi connectivity index (χ1n) is 6.00. The molecule has 1 aliphatic rings. The molecule has 19 heavy (non-hydrogen) atoms. The van der Waals surface area contributed by atoms with Crippen molar-refractivity contribution in [3.05, 3.63) is 35.4 Å². The van der Waals surface area contributed by atoms with Gasteiger partial charge in [-0.15, -0.1) is 12.4 Å². The second-order valence-electron chi connectivity index (χ2n) is 4.35. The molecule has 0 aliphatic carbocycles. The Morgan fingerprint density at radius 2 is 1.89 bits per heavy atom. The van der Waals surface area contributed by atoms with Crippen molar-refractivity contribution >= 4 is 24.2 Å². The summed E-state index contributed by atoms with van der Waals surface area (Å²) in [6.07, 6.45) is 0. The molecule has 0 saturated carbocycles. The van der Waals surface area contributed by atoms with Crippen molar-refractivity contribution in [2.45, 2.75) is 6.54 Å². The number of hydrogen-bond donors (Lipinski definition) is 3. The first-order valence-corrected chi connectivity index (χ1v) is 6.00. The Bertz CT molecular complexity index is 444. The Balaban J connectivity index is 0.00000180. The summed E-state index contributed by atoms with van der Waals surface area (Å²) in [5.74, 6) is 0.0883. The lowest BCUT2D eigenvalue weighted by molar-refractivity contribution is -0.126. The summed E-state index contributed by atoms with van der Waals surface area (Å²) in [4.78, 5) is 22.9. The highest BCUT2D eigenvalue weighted by molar-refractivity contribution is 5.93. The van der Waals surface area contributed by atoms with Crippen LogP contribution in [0.25, 0.3) is 0 Å². The van der Waals surface area contributed by atoms with E-state index in [0.717, 1.165) is 18.7 Å². The number of benzene rings is 1. The maximum Gasteiger partial charge on any atom is 0.251 e. The molecule has 1 aromatic carbocycles. The first kappa shape index (κ1) is 15.5. The van der Waals surface area contributed by atoms with Crippen LogP contribution in [0.2, 0.25) is 0 Å². The van der Waals surface area contributed by atoms with Gasteiger partial charge in [0.25, 0.3) is 5.91 Å². The Hall–Kier alpha value is -1.59. The molecule has 0 spiro atoms. The summed E-state index contributed by atoms with van der Waals surface area (Å²) in [7, 11) is 1.60. The molecule has 2 amide bonds. The highest BCUT2D eigenvalue weighted by Crippen LogP contribution is 2.06. The fourth-order valence-corrected chi connectivity index (χ4v) is 1.73. The third-order valence-electron chi connectivity index (χ3n) is 3.06. The van der Waals surface area contributed by atoms with Gasteiger partial charge < -0.3 is 16.0 Å². The summed E-state index contributed by atoms with van der Waals surface area (Å²) >= 11 is 0. The van der Waals surface area contributed by atoms with Crippen molar-refractivity contribution in [1.29, 1.82) is 0 Å². The van der Waals surface area contributed by atoms with Crippen LogP contribution in [0.15, 0.2) is 24.3 Å². The zero-order valence-electron chi connectivity index (χ0n) is 10.7. The number of rotatable bonds is 4. The topological polar surface area (TPSA) is 70.2 Å². The van der Waals surface area contributed by atoms with Crippen molar-refractivity contribution in [3.8, 4) is 0 Å². The molecule has 0 bridgehead atoms. The van der Waals surface area contributed by atoms with Crippen LogP contribution in [0.3, 0.4) is 0 Å². The van der Waals surface area contributed by atoms with E-state index < -0.39 is 0 Å². The van der Waals surface area contributed by atoms with Gasteiger partial charge in [0, 0.05) is 32.2 Å². The van der Waals surface area contributed by atoms with Crippen LogP contribution in [0.4, 0.5) is 0 Å². The summed E-state index contributed by atoms with van der Waals surface area (Å²) in [6, 6.07) is 7.21. The lowest BCUT2D eigenvalue weighted by Gasteiger charge is -2.25. The minimum absolute atomic E-state index is 0. The van der Waals surface area contributed by atoms with Gasteiger partial charge in [0.15, 0.2) is 0 Å². The van der Waals surface area contributed by atoms with Crippen molar-refractivity contribution in [1.82, 2.24) is 16.0 Å². The maximum atomic E-state index is 11.6. The molecule has 5 nitrogen and oxygen atoms in total. The van der Waals surface area contributed by atoms with Gasteiger partial charge in [0.1, 0.15) is 0 Å². The van der Waals surface area contributed by atoms with Crippen molar-refractivity contribution in [3.63, 3.8) is 0 Å². The quantitative estimate of drug-likeness (QED) is 0.745. The van der Waals surface area contributed by atoms with Crippen molar-refractivity contribution in [2.24, 2.45) is 5.92 Å². The second-order valence-corrected chi connectivity index (χ2v) is 4.35. The Morgan fingerprint density at radius 1 is 1.26 bits per heavy atom. The molecule has 0 aromatic heterocycles. The molecule has 104 valence electrons. The van der Waals surface area contributed by atoms with Crippen LogP contribution in [0, 0.1) is 5.92 Å². The van der Waals surface area contributed by atoms with Gasteiger partial charge in [-0.1, -0.05) is 12.1 Å². The van der Waals surface area contributed by atoms with E-state index in [1.54, 1.807) is 19.2 Å². The van der Waals surface area contributed by atoms with Gasteiger partial charge in [-0.2, -0.15) is 0 Å². The second kappa shape index (κ2) is 7.11. The van der Waals surface area contributed by atoms with E-state index in [-0.39, 0.29) is 30.1 Å². The van der Waals surface area contributed by atoms with Crippen LogP contribution in [0.5, 0.6) is 0 Å². The van der Waals surface area contributed by atoms with E-state index in [9.17, 15) is 9.59 Å². The number of carbonyl (C=O) groups is 2. The molecule has 0 radical (unpaired) electrons. The number of carbonyl (C=O) groups excluding carboxylic acids is 2. The van der Waals surface area contributed by atoms with Gasteiger partial charge in [0.05, 0.1) is 5.92 Å². The molecule has 6 heteroatoms. The van der Waals surface area contributed by atoms with E-state index >= 15 is 0 Å². The SMILES string of the molecule is CNC(=O)c1ccc(CNC(=O)C2CNC2)cc1.Cl. The van der Waals surface area contributed by atoms with Gasteiger partial charge in [-0.05, 0) is 17.7 Å². The van der Waals surface area contributed by atoms with Gasteiger partial charge in [-0.25, -0.2) is 0 Å². The third kappa shape index (κ3) is 3.94. The highest BCUT2D eigenvalue weighted by Gasteiger charge is 2.24. The minimum Gasteiger partial charge on any atom is -0.355 e. The summed E-state index contributed by atoms with van der Waals surface area (Å²) in [5.41, 5.74) is 1.61. The smallest absolute Gasteiger partial charge is 0.251 e. The van der Waals surface area contributed by atoms with Crippen LogP contribution < -0.4 is 16.0 Å². The van der Waals surface area contributed by atoms with E-state index in [1.807, 2.05) is 12.1 Å². The highest BCUT2D eigenvalue weighted by atomic mass is 35.5. The average molecular weight is 284 g/mol. The van der Waals surface area contributed by atoms with Crippen LogP contribution in [0.1, 0.15) is 15.9 Å². The van der Waals surface area contributed by atoms with Crippen molar-refractivity contribution < 1.29 is 9.59 Å². The molecule has 1 fully saturated rings. The molecule has 1 aliphatic heterocycles. The van der Waals surface area contributed by atoms with Gasteiger partial charge >= 0.3 is 0 Å². The molecule has 3 N–H and O–H groups in total. The molecule has 0 atom stereocenters. The Labute approximate surface area is 118 Å².